The van der Waals surface area contributed by atoms with Gasteiger partial charge in [-0.15, -0.1) is 0 Å². The van der Waals surface area contributed by atoms with Crippen molar-refractivity contribution in [1.29, 1.82) is 0 Å². The summed E-state index contributed by atoms with van der Waals surface area (Å²) < 4.78 is 14.6. The number of halogens is 1. The molecular formula is C22H32FN3O2. The SMILES string of the molecule is CN(C)CCCN1CC2(CCC1=O)CCN(C(=O)[C@@H](F)c1ccccc1)CC2. The first kappa shape index (κ1) is 20.8. The normalized spacial score (nSPS) is 20.6. The van der Waals surface area contributed by atoms with Crippen molar-refractivity contribution in [2.24, 2.45) is 5.41 Å². The van der Waals surface area contributed by atoms with Crippen molar-refractivity contribution < 1.29 is 14.0 Å². The van der Waals surface area contributed by atoms with Crippen molar-refractivity contribution in [2.75, 3.05) is 46.8 Å². The molecule has 1 aromatic carbocycles. The van der Waals surface area contributed by atoms with Crippen LogP contribution in [0.3, 0.4) is 0 Å². The van der Waals surface area contributed by atoms with Gasteiger partial charge in [-0.25, -0.2) is 4.39 Å². The zero-order valence-corrected chi connectivity index (χ0v) is 17.1. The first-order chi connectivity index (χ1) is 13.4. The second-order valence-electron chi connectivity index (χ2n) is 8.57. The summed E-state index contributed by atoms with van der Waals surface area (Å²) in [6.45, 7) is 3.69. The molecule has 1 atom stereocenters. The Morgan fingerprint density at radius 1 is 1.18 bits per heavy atom. The van der Waals surface area contributed by atoms with Crippen LogP contribution in [0, 0.1) is 5.41 Å². The molecule has 0 aliphatic carbocycles. The van der Waals surface area contributed by atoms with Gasteiger partial charge in [-0.2, -0.15) is 0 Å². The maximum absolute atomic E-state index is 14.6. The predicted molar refractivity (Wildman–Crippen MR) is 108 cm³/mol. The molecule has 2 heterocycles. The fraction of sp³-hybridized carbons (Fsp3) is 0.636. The fourth-order valence-corrected chi connectivity index (χ4v) is 4.42. The third-order valence-corrected chi connectivity index (χ3v) is 6.23. The molecule has 154 valence electrons. The van der Waals surface area contributed by atoms with Crippen LogP contribution in [-0.2, 0) is 9.59 Å². The van der Waals surface area contributed by atoms with E-state index < -0.39 is 12.1 Å². The molecule has 2 aliphatic rings. The fourth-order valence-electron chi connectivity index (χ4n) is 4.42. The lowest BCUT2D eigenvalue weighted by Crippen LogP contribution is -2.53. The predicted octanol–water partition coefficient (Wildman–Crippen LogP) is 2.88. The van der Waals surface area contributed by atoms with Gasteiger partial charge in [0.1, 0.15) is 0 Å². The number of nitrogens with zero attached hydrogens (tertiary/aromatic N) is 3. The van der Waals surface area contributed by atoms with Crippen molar-refractivity contribution in [3.8, 4) is 0 Å². The Morgan fingerprint density at radius 2 is 1.86 bits per heavy atom. The lowest BCUT2D eigenvalue weighted by molar-refractivity contribution is -0.145. The molecule has 0 unspecified atom stereocenters. The molecule has 5 nitrogen and oxygen atoms in total. The van der Waals surface area contributed by atoms with Gasteiger partial charge in [0, 0.05) is 32.6 Å². The average Bonchev–Trinajstić information content (AvgIpc) is 2.71. The number of alkyl halides is 1. The van der Waals surface area contributed by atoms with Crippen LogP contribution in [0.2, 0.25) is 0 Å². The average molecular weight is 390 g/mol. The second-order valence-corrected chi connectivity index (χ2v) is 8.57. The van der Waals surface area contributed by atoms with Gasteiger partial charge in [-0.1, -0.05) is 30.3 Å². The largest absolute Gasteiger partial charge is 0.342 e. The van der Waals surface area contributed by atoms with E-state index in [9.17, 15) is 14.0 Å². The number of carbonyl (C=O) groups is 2. The van der Waals surface area contributed by atoms with Crippen molar-refractivity contribution in [1.82, 2.24) is 14.7 Å². The molecule has 0 aromatic heterocycles. The number of benzene rings is 1. The van der Waals surface area contributed by atoms with Gasteiger partial charge in [-0.05, 0) is 57.3 Å². The number of amides is 2. The summed E-state index contributed by atoms with van der Waals surface area (Å²) in [6.07, 6.45) is 2.54. The molecule has 0 saturated carbocycles. The van der Waals surface area contributed by atoms with Crippen LogP contribution >= 0.6 is 0 Å². The summed E-state index contributed by atoms with van der Waals surface area (Å²) in [6, 6.07) is 8.65. The number of piperidine rings is 2. The summed E-state index contributed by atoms with van der Waals surface area (Å²) in [5.41, 5.74) is 0.504. The Morgan fingerprint density at radius 3 is 2.50 bits per heavy atom. The zero-order chi connectivity index (χ0) is 20.1. The Balaban J connectivity index is 1.54. The second kappa shape index (κ2) is 9.03. The summed E-state index contributed by atoms with van der Waals surface area (Å²) >= 11 is 0. The first-order valence-corrected chi connectivity index (χ1v) is 10.3. The van der Waals surface area contributed by atoms with E-state index >= 15 is 0 Å². The van der Waals surface area contributed by atoms with Gasteiger partial charge in [0.2, 0.25) is 12.1 Å². The van der Waals surface area contributed by atoms with Crippen LogP contribution in [0.25, 0.3) is 0 Å². The Hall–Kier alpha value is -1.95. The van der Waals surface area contributed by atoms with E-state index in [0.717, 1.165) is 45.3 Å². The van der Waals surface area contributed by atoms with Gasteiger partial charge in [0.25, 0.3) is 5.91 Å². The number of hydrogen-bond acceptors (Lipinski definition) is 3. The Kier molecular flexibility index (Phi) is 6.70. The standard InChI is InChI=1S/C22H32FN3O2/c1-24(2)13-6-14-26-17-22(10-9-19(26)27)11-15-25(16-12-22)21(28)20(23)18-7-4-3-5-8-18/h3-5,7-8,20H,6,9-17H2,1-2H3/t20-/m0/s1. The lowest BCUT2D eigenvalue weighted by atomic mass is 9.72. The summed E-state index contributed by atoms with van der Waals surface area (Å²) in [7, 11) is 4.08. The van der Waals surface area contributed by atoms with Crippen LogP contribution in [0.5, 0.6) is 0 Å². The number of hydrogen-bond donors (Lipinski definition) is 0. The molecule has 3 rings (SSSR count). The topological polar surface area (TPSA) is 43.9 Å². The first-order valence-electron chi connectivity index (χ1n) is 10.3. The monoisotopic (exact) mass is 389 g/mol. The molecule has 1 spiro atoms. The van der Waals surface area contributed by atoms with Gasteiger partial charge < -0.3 is 14.7 Å². The van der Waals surface area contributed by atoms with Gasteiger partial charge >= 0.3 is 0 Å². The Labute approximate surface area is 167 Å². The number of likely N-dealkylation sites (tertiary alicyclic amines) is 2. The molecule has 2 aliphatic heterocycles. The van der Waals surface area contributed by atoms with Crippen LogP contribution < -0.4 is 0 Å². The van der Waals surface area contributed by atoms with Crippen molar-refractivity contribution in [3.05, 3.63) is 35.9 Å². The molecule has 2 amide bonds. The van der Waals surface area contributed by atoms with Crippen LogP contribution in [0.4, 0.5) is 4.39 Å². The molecule has 28 heavy (non-hydrogen) atoms. The molecule has 2 fully saturated rings. The maximum atomic E-state index is 14.6. The van der Waals surface area contributed by atoms with Gasteiger partial charge in [-0.3, -0.25) is 9.59 Å². The van der Waals surface area contributed by atoms with Gasteiger partial charge in [0.05, 0.1) is 0 Å². The van der Waals surface area contributed by atoms with Crippen LogP contribution in [-0.4, -0.2) is 73.3 Å². The van der Waals surface area contributed by atoms with E-state index in [4.69, 9.17) is 0 Å². The summed E-state index contributed by atoms with van der Waals surface area (Å²) in [5, 5.41) is 0. The van der Waals surface area contributed by atoms with E-state index in [0.29, 0.717) is 25.1 Å². The maximum Gasteiger partial charge on any atom is 0.261 e. The minimum atomic E-state index is -1.59. The van der Waals surface area contributed by atoms with E-state index in [1.165, 1.54) is 0 Å². The highest BCUT2D eigenvalue weighted by molar-refractivity contribution is 5.82. The van der Waals surface area contributed by atoms with Crippen LogP contribution in [0.1, 0.15) is 43.8 Å². The van der Waals surface area contributed by atoms with E-state index in [1.54, 1.807) is 29.2 Å². The van der Waals surface area contributed by atoms with E-state index in [-0.39, 0.29) is 11.3 Å². The molecule has 2 saturated heterocycles. The third-order valence-electron chi connectivity index (χ3n) is 6.23. The van der Waals surface area contributed by atoms with E-state index in [1.807, 2.05) is 25.1 Å². The lowest BCUT2D eigenvalue weighted by Gasteiger charge is -2.47. The molecule has 1 aromatic rings. The number of carbonyl (C=O) groups excluding carboxylic acids is 2. The summed E-state index contributed by atoms with van der Waals surface area (Å²) in [5.74, 6) is -0.188. The quantitative estimate of drug-likeness (QED) is 0.751. The smallest absolute Gasteiger partial charge is 0.261 e. The molecule has 0 bridgehead atoms. The van der Waals surface area contributed by atoms with Gasteiger partial charge in [0.15, 0.2) is 0 Å². The van der Waals surface area contributed by atoms with Crippen molar-refractivity contribution >= 4 is 11.8 Å². The minimum absolute atomic E-state index is 0.0847. The van der Waals surface area contributed by atoms with Crippen LogP contribution in [0.15, 0.2) is 30.3 Å². The van der Waals surface area contributed by atoms with E-state index in [2.05, 4.69) is 4.90 Å². The summed E-state index contributed by atoms with van der Waals surface area (Å²) in [4.78, 5) is 30.7. The van der Waals surface area contributed by atoms with Crippen molar-refractivity contribution in [3.63, 3.8) is 0 Å². The molecular weight excluding hydrogens is 357 g/mol. The molecule has 6 heteroatoms. The highest BCUT2D eigenvalue weighted by atomic mass is 19.1. The Bertz CT molecular complexity index is 672. The van der Waals surface area contributed by atoms with Crippen molar-refractivity contribution in [2.45, 2.75) is 38.3 Å². The number of rotatable bonds is 6. The third kappa shape index (κ3) is 4.90. The molecule has 0 radical (unpaired) electrons. The molecule has 0 N–H and O–H groups in total. The zero-order valence-electron chi connectivity index (χ0n) is 17.1. The highest BCUT2D eigenvalue weighted by Gasteiger charge is 2.42. The highest BCUT2D eigenvalue weighted by Crippen LogP contribution is 2.40. The minimum Gasteiger partial charge on any atom is -0.342 e.